The van der Waals surface area contributed by atoms with Crippen molar-refractivity contribution in [3.8, 4) is 0 Å². The molecule has 0 saturated carbocycles. The summed E-state index contributed by atoms with van der Waals surface area (Å²) in [4.78, 5) is 1.24. The van der Waals surface area contributed by atoms with Gasteiger partial charge in [0.1, 0.15) is 0 Å². The van der Waals surface area contributed by atoms with Gasteiger partial charge in [-0.2, -0.15) is 0 Å². The summed E-state index contributed by atoms with van der Waals surface area (Å²) < 4.78 is 17.5. The van der Waals surface area contributed by atoms with Crippen LogP contribution in [0.3, 0.4) is 0 Å². The first-order valence-corrected chi connectivity index (χ1v) is 17.2. The van der Waals surface area contributed by atoms with Crippen molar-refractivity contribution in [2.45, 2.75) is 155 Å². The summed E-state index contributed by atoms with van der Waals surface area (Å²) in [7, 11) is 3.52. The Hall–Kier alpha value is 0.840. The standard InChI is InChI=1S/C32H64Br2O3/c1-23(17-25(3)19-27(5)21-29(7)33)13-11-15-31(35-9)37-32(36-10)16-12-14-24(2)18-26(4)20-28(6)22-30(8)34/h23-32H,11-22H2,1-10H3. The zero-order chi connectivity index (χ0) is 28.4. The number of alkyl halides is 2. The van der Waals surface area contributed by atoms with Crippen LogP contribution in [-0.2, 0) is 14.2 Å². The average Bonchev–Trinajstić information content (AvgIpc) is 2.75. The summed E-state index contributed by atoms with van der Waals surface area (Å²) in [6.45, 7) is 18.9. The van der Waals surface area contributed by atoms with Crippen LogP contribution in [0.25, 0.3) is 0 Å². The predicted molar refractivity (Wildman–Crippen MR) is 170 cm³/mol. The Morgan fingerprint density at radius 2 is 0.730 bits per heavy atom. The summed E-state index contributed by atoms with van der Waals surface area (Å²) in [6, 6.07) is 0. The Balaban J connectivity index is 4.22. The third kappa shape index (κ3) is 22.2. The van der Waals surface area contributed by atoms with E-state index in [0.717, 1.165) is 61.2 Å². The second-order valence-corrected chi connectivity index (χ2v) is 16.1. The van der Waals surface area contributed by atoms with Crippen LogP contribution in [0, 0.1) is 35.5 Å². The maximum atomic E-state index is 6.20. The zero-order valence-corrected chi connectivity index (χ0v) is 29.4. The maximum absolute atomic E-state index is 6.20. The van der Waals surface area contributed by atoms with Crippen LogP contribution in [0.1, 0.15) is 132 Å². The lowest BCUT2D eigenvalue weighted by molar-refractivity contribution is -0.233. The molecule has 0 aromatic rings. The largest absolute Gasteiger partial charge is 0.356 e. The van der Waals surface area contributed by atoms with Crippen molar-refractivity contribution in [1.29, 1.82) is 0 Å². The topological polar surface area (TPSA) is 27.7 Å². The molecule has 224 valence electrons. The fourth-order valence-corrected chi connectivity index (χ4v) is 7.67. The fourth-order valence-electron chi connectivity index (χ4n) is 6.40. The van der Waals surface area contributed by atoms with Crippen molar-refractivity contribution in [3.05, 3.63) is 0 Å². The molecule has 0 aliphatic heterocycles. The van der Waals surface area contributed by atoms with Crippen molar-refractivity contribution < 1.29 is 14.2 Å². The van der Waals surface area contributed by atoms with Gasteiger partial charge >= 0.3 is 0 Å². The van der Waals surface area contributed by atoms with E-state index in [1.54, 1.807) is 14.2 Å². The van der Waals surface area contributed by atoms with E-state index in [2.05, 4.69) is 87.2 Å². The molecule has 10 unspecified atom stereocenters. The van der Waals surface area contributed by atoms with Gasteiger partial charge in [-0.05, 0) is 99.7 Å². The Labute approximate surface area is 249 Å². The third-order valence-electron chi connectivity index (χ3n) is 7.78. The van der Waals surface area contributed by atoms with E-state index in [1.165, 1.54) is 51.4 Å². The number of ether oxygens (including phenoxy) is 3. The molecule has 0 bridgehead atoms. The molecule has 0 N–H and O–H groups in total. The van der Waals surface area contributed by atoms with Crippen molar-refractivity contribution in [3.63, 3.8) is 0 Å². The summed E-state index contributed by atoms with van der Waals surface area (Å²) >= 11 is 7.40. The molecule has 0 radical (unpaired) electrons. The zero-order valence-electron chi connectivity index (χ0n) is 26.2. The smallest absolute Gasteiger partial charge is 0.160 e. The Kier molecular flexibility index (Phi) is 23.0. The molecule has 37 heavy (non-hydrogen) atoms. The second-order valence-electron chi connectivity index (χ2n) is 12.9. The molecule has 0 spiro atoms. The van der Waals surface area contributed by atoms with Gasteiger partial charge in [-0.3, -0.25) is 0 Å². The summed E-state index contributed by atoms with van der Waals surface area (Å²) in [5, 5.41) is 0. The van der Waals surface area contributed by atoms with E-state index in [1.807, 2.05) is 0 Å². The van der Waals surface area contributed by atoms with Crippen molar-refractivity contribution in [1.82, 2.24) is 0 Å². The maximum Gasteiger partial charge on any atom is 0.160 e. The van der Waals surface area contributed by atoms with E-state index in [-0.39, 0.29) is 12.6 Å². The normalized spacial score (nSPS) is 20.4. The van der Waals surface area contributed by atoms with Gasteiger partial charge in [0.15, 0.2) is 12.6 Å². The van der Waals surface area contributed by atoms with Crippen molar-refractivity contribution >= 4 is 31.9 Å². The molecule has 3 nitrogen and oxygen atoms in total. The number of rotatable bonds is 24. The van der Waals surface area contributed by atoms with Gasteiger partial charge in [0.05, 0.1) is 0 Å². The molecular formula is C32H64Br2O3. The summed E-state index contributed by atoms with van der Waals surface area (Å²) in [5.74, 6) is 4.64. The molecule has 0 heterocycles. The monoisotopic (exact) mass is 654 g/mol. The molecule has 0 fully saturated rings. The quantitative estimate of drug-likeness (QED) is 0.0764. The second kappa shape index (κ2) is 22.5. The van der Waals surface area contributed by atoms with E-state index in [4.69, 9.17) is 14.2 Å². The van der Waals surface area contributed by atoms with Crippen molar-refractivity contribution in [2.24, 2.45) is 35.5 Å². The summed E-state index contributed by atoms with van der Waals surface area (Å²) in [5.41, 5.74) is 0. The lowest BCUT2D eigenvalue weighted by Crippen LogP contribution is -2.25. The molecule has 0 saturated heterocycles. The van der Waals surface area contributed by atoms with Gasteiger partial charge in [-0.15, -0.1) is 0 Å². The molecule has 0 aromatic heterocycles. The van der Waals surface area contributed by atoms with Gasteiger partial charge < -0.3 is 14.2 Å². The molecular weight excluding hydrogens is 592 g/mol. The van der Waals surface area contributed by atoms with E-state index >= 15 is 0 Å². The highest BCUT2D eigenvalue weighted by Gasteiger charge is 2.19. The molecule has 5 heteroatoms. The lowest BCUT2D eigenvalue weighted by Gasteiger charge is -2.25. The number of hydrogen-bond acceptors (Lipinski definition) is 3. The minimum Gasteiger partial charge on any atom is -0.356 e. The van der Waals surface area contributed by atoms with Crippen LogP contribution in [-0.4, -0.2) is 36.5 Å². The van der Waals surface area contributed by atoms with E-state index in [0.29, 0.717) is 9.65 Å². The van der Waals surface area contributed by atoms with Gasteiger partial charge in [0.2, 0.25) is 0 Å². The highest BCUT2D eigenvalue weighted by atomic mass is 79.9. The number of halogens is 2. The predicted octanol–water partition coefficient (Wildman–Crippen LogP) is 11.0. The first-order valence-electron chi connectivity index (χ1n) is 15.3. The minimum atomic E-state index is -0.175. The van der Waals surface area contributed by atoms with Crippen LogP contribution >= 0.6 is 31.9 Å². The third-order valence-corrected chi connectivity index (χ3v) is 8.52. The van der Waals surface area contributed by atoms with Gasteiger partial charge in [0, 0.05) is 23.9 Å². The van der Waals surface area contributed by atoms with Crippen LogP contribution in [0.15, 0.2) is 0 Å². The molecule has 10 atom stereocenters. The van der Waals surface area contributed by atoms with Crippen LogP contribution in [0.4, 0.5) is 0 Å². The molecule has 0 aliphatic rings. The SMILES string of the molecule is COC(CCCC(C)CC(C)CC(C)CC(C)Br)OC(CCCC(C)CC(C)CC(C)CC(C)Br)OC. The lowest BCUT2D eigenvalue weighted by atomic mass is 9.86. The Bertz CT molecular complexity index is 472. The molecule has 0 aliphatic carbocycles. The van der Waals surface area contributed by atoms with Crippen LogP contribution in [0.5, 0.6) is 0 Å². The Morgan fingerprint density at radius 3 is 1.03 bits per heavy atom. The molecule has 0 rings (SSSR count). The Morgan fingerprint density at radius 1 is 0.432 bits per heavy atom. The number of methoxy groups -OCH3 is 2. The minimum absolute atomic E-state index is 0.175. The van der Waals surface area contributed by atoms with Gasteiger partial charge in [0.25, 0.3) is 0 Å². The van der Waals surface area contributed by atoms with Crippen LogP contribution in [0.2, 0.25) is 0 Å². The highest BCUT2D eigenvalue weighted by Crippen LogP contribution is 2.28. The fraction of sp³-hybridized carbons (Fsp3) is 1.00. The van der Waals surface area contributed by atoms with E-state index in [9.17, 15) is 0 Å². The molecule has 0 aromatic carbocycles. The first-order chi connectivity index (χ1) is 17.4. The van der Waals surface area contributed by atoms with Crippen molar-refractivity contribution in [2.75, 3.05) is 14.2 Å². The number of hydrogen-bond donors (Lipinski definition) is 0. The van der Waals surface area contributed by atoms with Gasteiger partial charge in [-0.25, -0.2) is 0 Å². The summed E-state index contributed by atoms with van der Waals surface area (Å²) in [6.07, 6.45) is 14.1. The highest BCUT2D eigenvalue weighted by molar-refractivity contribution is 9.09. The molecule has 0 amide bonds. The average molecular weight is 657 g/mol. The van der Waals surface area contributed by atoms with E-state index < -0.39 is 0 Å². The van der Waals surface area contributed by atoms with Gasteiger partial charge in [-0.1, -0.05) is 100 Å². The first kappa shape index (κ1) is 37.8. The van der Waals surface area contributed by atoms with Crippen LogP contribution < -0.4 is 0 Å².